The van der Waals surface area contributed by atoms with Gasteiger partial charge in [-0.05, 0) is 42.8 Å². The second-order valence-electron chi connectivity index (χ2n) is 3.75. The van der Waals surface area contributed by atoms with Crippen molar-refractivity contribution in [1.29, 1.82) is 0 Å². The molecule has 2 N–H and O–H groups in total. The van der Waals surface area contributed by atoms with Crippen molar-refractivity contribution in [3.8, 4) is 5.75 Å². The van der Waals surface area contributed by atoms with Gasteiger partial charge in [-0.3, -0.25) is 0 Å². The number of aromatic nitrogens is 1. The van der Waals surface area contributed by atoms with Crippen molar-refractivity contribution in [3.63, 3.8) is 0 Å². The molecule has 0 radical (unpaired) electrons. The van der Waals surface area contributed by atoms with Crippen LogP contribution in [0.4, 0.5) is 5.82 Å². The Morgan fingerprint density at radius 2 is 2.12 bits per heavy atom. The predicted octanol–water partition coefficient (Wildman–Crippen LogP) is 3.31. The molecular formula is C13H13BrN2O. The van der Waals surface area contributed by atoms with Crippen LogP contribution < -0.4 is 10.5 Å². The molecule has 0 saturated carbocycles. The highest BCUT2D eigenvalue weighted by molar-refractivity contribution is 9.10. The van der Waals surface area contributed by atoms with E-state index in [1.165, 1.54) is 0 Å². The summed E-state index contributed by atoms with van der Waals surface area (Å²) in [5.41, 5.74) is 7.56. The predicted molar refractivity (Wildman–Crippen MR) is 71.9 cm³/mol. The zero-order chi connectivity index (χ0) is 12.3. The van der Waals surface area contributed by atoms with Crippen LogP contribution in [-0.2, 0) is 6.61 Å². The fraction of sp³-hybridized carbons (Fsp3) is 0.154. The highest BCUT2D eigenvalue weighted by Crippen LogP contribution is 2.22. The monoisotopic (exact) mass is 292 g/mol. The Kier molecular flexibility index (Phi) is 3.64. The van der Waals surface area contributed by atoms with Gasteiger partial charge in [0.15, 0.2) is 0 Å². The maximum absolute atomic E-state index is 5.64. The van der Waals surface area contributed by atoms with Crippen molar-refractivity contribution < 1.29 is 4.74 Å². The Labute approximate surface area is 109 Å². The third kappa shape index (κ3) is 3.20. The molecule has 1 aromatic heterocycles. The van der Waals surface area contributed by atoms with Crippen molar-refractivity contribution >= 4 is 21.7 Å². The number of rotatable bonds is 3. The third-order valence-corrected chi connectivity index (χ3v) is 3.23. The molecule has 1 aromatic carbocycles. The van der Waals surface area contributed by atoms with Gasteiger partial charge in [0, 0.05) is 4.47 Å². The van der Waals surface area contributed by atoms with Gasteiger partial charge in [-0.25, -0.2) is 4.98 Å². The lowest BCUT2D eigenvalue weighted by Crippen LogP contribution is -2.00. The summed E-state index contributed by atoms with van der Waals surface area (Å²) in [4.78, 5) is 4.17. The normalized spacial score (nSPS) is 10.2. The van der Waals surface area contributed by atoms with Crippen LogP contribution in [0.1, 0.15) is 11.3 Å². The molecule has 0 spiro atoms. The van der Waals surface area contributed by atoms with Gasteiger partial charge < -0.3 is 10.5 Å². The summed E-state index contributed by atoms with van der Waals surface area (Å²) in [5, 5.41) is 0. The van der Waals surface area contributed by atoms with Crippen LogP contribution in [0.25, 0.3) is 0 Å². The van der Waals surface area contributed by atoms with Gasteiger partial charge in [0.05, 0.1) is 5.69 Å². The Morgan fingerprint density at radius 3 is 2.82 bits per heavy atom. The molecule has 0 atom stereocenters. The zero-order valence-corrected chi connectivity index (χ0v) is 11.1. The van der Waals surface area contributed by atoms with Crippen molar-refractivity contribution in [2.75, 3.05) is 5.73 Å². The fourth-order valence-electron chi connectivity index (χ4n) is 1.44. The molecule has 0 aliphatic heterocycles. The van der Waals surface area contributed by atoms with E-state index in [0.717, 1.165) is 21.5 Å². The van der Waals surface area contributed by atoms with E-state index in [4.69, 9.17) is 10.5 Å². The van der Waals surface area contributed by atoms with Gasteiger partial charge in [-0.2, -0.15) is 0 Å². The van der Waals surface area contributed by atoms with Gasteiger partial charge in [0.2, 0.25) is 0 Å². The summed E-state index contributed by atoms with van der Waals surface area (Å²) in [6.07, 6.45) is 0. The molecule has 2 rings (SSSR count). The van der Waals surface area contributed by atoms with Crippen molar-refractivity contribution in [3.05, 3.63) is 52.1 Å². The fourth-order valence-corrected chi connectivity index (χ4v) is 1.69. The molecule has 3 nitrogen and oxygen atoms in total. The Hall–Kier alpha value is -1.55. The van der Waals surface area contributed by atoms with Crippen LogP contribution in [0.2, 0.25) is 0 Å². The molecular weight excluding hydrogens is 280 g/mol. The minimum Gasteiger partial charge on any atom is -0.487 e. The van der Waals surface area contributed by atoms with E-state index in [1.54, 1.807) is 6.07 Å². The SMILES string of the molecule is Cc1cc(OCc2cccc(N)n2)ccc1Br. The highest BCUT2D eigenvalue weighted by atomic mass is 79.9. The van der Waals surface area contributed by atoms with E-state index < -0.39 is 0 Å². The van der Waals surface area contributed by atoms with Gasteiger partial charge >= 0.3 is 0 Å². The lowest BCUT2D eigenvalue weighted by Gasteiger charge is -2.07. The smallest absolute Gasteiger partial charge is 0.130 e. The Balaban J connectivity index is 2.05. The van der Waals surface area contributed by atoms with Gasteiger partial charge in [0.1, 0.15) is 18.2 Å². The van der Waals surface area contributed by atoms with E-state index in [0.29, 0.717) is 12.4 Å². The summed E-state index contributed by atoms with van der Waals surface area (Å²) in [6.45, 7) is 2.45. The van der Waals surface area contributed by atoms with Gasteiger partial charge in [-0.1, -0.05) is 22.0 Å². The number of nitrogens with two attached hydrogens (primary N) is 1. The van der Waals surface area contributed by atoms with Gasteiger partial charge in [-0.15, -0.1) is 0 Å². The average Bonchev–Trinajstić information content (AvgIpc) is 2.31. The van der Waals surface area contributed by atoms with Crippen molar-refractivity contribution in [1.82, 2.24) is 4.98 Å². The lowest BCUT2D eigenvalue weighted by atomic mass is 10.2. The van der Waals surface area contributed by atoms with Crippen LogP contribution in [-0.4, -0.2) is 4.98 Å². The van der Waals surface area contributed by atoms with E-state index in [1.807, 2.05) is 37.3 Å². The first kappa shape index (κ1) is 11.9. The van der Waals surface area contributed by atoms with Crippen molar-refractivity contribution in [2.24, 2.45) is 0 Å². The molecule has 0 fully saturated rings. The number of pyridine rings is 1. The van der Waals surface area contributed by atoms with Crippen LogP contribution >= 0.6 is 15.9 Å². The molecule has 0 amide bonds. The maximum Gasteiger partial charge on any atom is 0.130 e. The summed E-state index contributed by atoms with van der Waals surface area (Å²) in [7, 11) is 0. The second-order valence-corrected chi connectivity index (χ2v) is 4.61. The number of ether oxygens (including phenoxy) is 1. The summed E-state index contributed by atoms with van der Waals surface area (Å²) < 4.78 is 6.72. The van der Waals surface area contributed by atoms with Gasteiger partial charge in [0.25, 0.3) is 0 Å². The molecule has 0 saturated heterocycles. The zero-order valence-electron chi connectivity index (χ0n) is 9.48. The number of aryl methyl sites for hydroxylation is 1. The number of halogens is 1. The summed E-state index contributed by atoms with van der Waals surface area (Å²) >= 11 is 3.45. The standard InChI is InChI=1S/C13H13BrN2O/c1-9-7-11(5-6-12(9)14)17-8-10-3-2-4-13(15)16-10/h2-7H,8H2,1H3,(H2,15,16). The van der Waals surface area contributed by atoms with Crippen LogP contribution in [0.5, 0.6) is 5.75 Å². The molecule has 4 heteroatoms. The summed E-state index contributed by atoms with van der Waals surface area (Å²) in [5.74, 6) is 1.34. The molecule has 88 valence electrons. The molecule has 0 unspecified atom stereocenters. The van der Waals surface area contributed by atoms with E-state index >= 15 is 0 Å². The van der Waals surface area contributed by atoms with Crippen LogP contribution in [0.15, 0.2) is 40.9 Å². The molecule has 1 heterocycles. The largest absolute Gasteiger partial charge is 0.487 e. The first-order chi connectivity index (χ1) is 8.15. The highest BCUT2D eigenvalue weighted by Gasteiger charge is 2.00. The summed E-state index contributed by atoms with van der Waals surface area (Å²) in [6, 6.07) is 11.4. The number of hydrogen-bond acceptors (Lipinski definition) is 3. The number of hydrogen-bond donors (Lipinski definition) is 1. The quantitative estimate of drug-likeness (QED) is 0.944. The maximum atomic E-state index is 5.64. The van der Waals surface area contributed by atoms with E-state index in [2.05, 4.69) is 20.9 Å². The topological polar surface area (TPSA) is 48.1 Å². The average molecular weight is 293 g/mol. The first-order valence-electron chi connectivity index (χ1n) is 5.25. The lowest BCUT2D eigenvalue weighted by molar-refractivity contribution is 0.301. The van der Waals surface area contributed by atoms with Crippen LogP contribution in [0, 0.1) is 6.92 Å². The molecule has 0 bridgehead atoms. The molecule has 2 aromatic rings. The Morgan fingerprint density at radius 1 is 1.29 bits per heavy atom. The number of nitrogens with zero attached hydrogens (tertiary/aromatic N) is 1. The minimum atomic E-state index is 0.423. The molecule has 0 aliphatic rings. The first-order valence-corrected chi connectivity index (χ1v) is 6.05. The molecule has 0 aliphatic carbocycles. The minimum absolute atomic E-state index is 0.423. The van der Waals surface area contributed by atoms with Crippen molar-refractivity contribution in [2.45, 2.75) is 13.5 Å². The number of nitrogen functional groups attached to an aromatic ring is 1. The van der Waals surface area contributed by atoms with Crippen LogP contribution in [0.3, 0.4) is 0 Å². The Bertz CT molecular complexity index is 529. The second kappa shape index (κ2) is 5.19. The number of anilines is 1. The molecule has 17 heavy (non-hydrogen) atoms. The third-order valence-electron chi connectivity index (χ3n) is 2.34. The van der Waals surface area contributed by atoms with E-state index in [-0.39, 0.29) is 0 Å². The number of benzene rings is 1. The van der Waals surface area contributed by atoms with E-state index in [9.17, 15) is 0 Å².